The normalized spacial score (nSPS) is 15.7. The van der Waals surface area contributed by atoms with E-state index in [1.807, 2.05) is 12.1 Å². The lowest BCUT2D eigenvalue weighted by molar-refractivity contribution is -0.115. The monoisotopic (exact) mass is 386 g/mol. The lowest BCUT2D eigenvalue weighted by Crippen LogP contribution is -2.24. The third-order valence-corrected chi connectivity index (χ3v) is 6.55. The predicted octanol–water partition coefficient (Wildman–Crippen LogP) is 4.28. The van der Waals surface area contributed by atoms with Crippen LogP contribution in [0.4, 0.5) is 5.13 Å². The molecule has 1 aliphatic rings. The number of aromatic nitrogens is 1. The minimum absolute atomic E-state index is 0.0122. The molecule has 5 nitrogen and oxygen atoms in total. The van der Waals surface area contributed by atoms with Gasteiger partial charge in [0.25, 0.3) is 0 Å². The molecule has 1 N–H and O–H groups in total. The first-order valence-corrected chi connectivity index (χ1v) is 9.86. The van der Waals surface area contributed by atoms with E-state index in [0.717, 1.165) is 16.6 Å². The number of hydrogen-bond acceptors (Lipinski definition) is 6. The number of fused-ring (bicyclic) bond motifs is 2. The van der Waals surface area contributed by atoms with E-state index < -0.39 is 0 Å². The predicted molar refractivity (Wildman–Crippen MR) is 106 cm³/mol. The van der Waals surface area contributed by atoms with Gasteiger partial charge < -0.3 is 14.8 Å². The number of hydrogen-bond donors (Lipinski definition) is 1. The summed E-state index contributed by atoms with van der Waals surface area (Å²) in [6.45, 7) is 2.07. The number of anilines is 1. The quantitative estimate of drug-likeness (QED) is 0.725. The van der Waals surface area contributed by atoms with Crippen LogP contribution in [0.25, 0.3) is 10.2 Å². The number of carbonyl (C=O) groups excluding carboxylic acids is 1. The number of thioether (sulfide) groups is 1. The van der Waals surface area contributed by atoms with E-state index in [-0.39, 0.29) is 11.2 Å². The van der Waals surface area contributed by atoms with Crippen LogP contribution in [-0.2, 0) is 11.2 Å². The van der Waals surface area contributed by atoms with Crippen molar-refractivity contribution in [1.29, 1.82) is 0 Å². The van der Waals surface area contributed by atoms with Crippen LogP contribution >= 0.6 is 23.1 Å². The topological polar surface area (TPSA) is 60.5 Å². The van der Waals surface area contributed by atoms with Crippen molar-refractivity contribution in [3.05, 3.63) is 41.5 Å². The Bertz CT molecular complexity index is 959. The summed E-state index contributed by atoms with van der Waals surface area (Å²) in [7, 11) is 3.19. The molecule has 26 heavy (non-hydrogen) atoms. The van der Waals surface area contributed by atoms with Gasteiger partial charge in [-0.05, 0) is 25.0 Å². The molecule has 1 atom stereocenters. The van der Waals surface area contributed by atoms with E-state index in [1.165, 1.54) is 27.4 Å². The molecule has 0 aliphatic carbocycles. The molecule has 1 aromatic heterocycles. The summed E-state index contributed by atoms with van der Waals surface area (Å²) in [5.74, 6) is 1.26. The fourth-order valence-electron chi connectivity index (χ4n) is 2.98. The maximum atomic E-state index is 12.7. The Morgan fingerprint density at radius 2 is 1.96 bits per heavy atom. The molecule has 0 saturated carbocycles. The summed E-state index contributed by atoms with van der Waals surface area (Å²) in [5, 5.41) is 3.43. The van der Waals surface area contributed by atoms with E-state index in [4.69, 9.17) is 9.47 Å². The number of methoxy groups -OCH3 is 2. The van der Waals surface area contributed by atoms with Crippen LogP contribution in [0.2, 0.25) is 0 Å². The van der Waals surface area contributed by atoms with Crippen LogP contribution in [0.3, 0.4) is 0 Å². The van der Waals surface area contributed by atoms with E-state index in [2.05, 4.69) is 35.4 Å². The lowest BCUT2D eigenvalue weighted by Gasteiger charge is -2.07. The Balaban J connectivity index is 1.53. The third kappa shape index (κ3) is 3.12. The van der Waals surface area contributed by atoms with Gasteiger partial charge in [0.2, 0.25) is 5.91 Å². The zero-order valence-electron chi connectivity index (χ0n) is 14.7. The van der Waals surface area contributed by atoms with Crippen molar-refractivity contribution in [3.63, 3.8) is 0 Å². The number of ether oxygens (including phenoxy) is 2. The Morgan fingerprint density at radius 1 is 1.19 bits per heavy atom. The summed E-state index contributed by atoms with van der Waals surface area (Å²) in [6, 6.07) is 10.0. The molecule has 2 heterocycles. The minimum Gasteiger partial charge on any atom is -0.493 e. The first-order chi connectivity index (χ1) is 12.6. The molecule has 7 heteroatoms. The second kappa shape index (κ2) is 6.81. The van der Waals surface area contributed by atoms with Crippen molar-refractivity contribution in [2.75, 3.05) is 19.5 Å². The molecule has 1 amide bonds. The highest BCUT2D eigenvalue weighted by molar-refractivity contribution is 8.01. The van der Waals surface area contributed by atoms with E-state index in [1.54, 1.807) is 26.0 Å². The Morgan fingerprint density at radius 3 is 2.73 bits per heavy atom. The smallest absolute Gasteiger partial charge is 0.239 e. The Kier molecular flexibility index (Phi) is 4.50. The average molecular weight is 386 g/mol. The van der Waals surface area contributed by atoms with Crippen molar-refractivity contribution in [3.8, 4) is 11.5 Å². The fraction of sp³-hybridized carbons (Fsp3) is 0.263. The molecule has 2 aromatic carbocycles. The summed E-state index contributed by atoms with van der Waals surface area (Å²) in [6.07, 6.45) is 0.749. The van der Waals surface area contributed by atoms with E-state index in [0.29, 0.717) is 16.6 Å². The largest absolute Gasteiger partial charge is 0.493 e. The molecule has 0 spiro atoms. The summed E-state index contributed by atoms with van der Waals surface area (Å²) < 4.78 is 11.6. The number of thiazole rings is 1. The molecule has 0 fully saturated rings. The highest BCUT2D eigenvalue weighted by Gasteiger charge is 2.29. The van der Waals surface area contributed by atoms with Gasteiger partial charge in [-0.2, -0.15) is 0 Å². The van der Waals surface area contributed by atoms with Gasteiger partial charge in [0.1, 0.15) is 0 Å². The lowest BCUT2D eigenvalue weighted by atomic mass is 10.1. The molecule has 1 unspecified atom stereocenters. The number of amides is 1. The molecule has 134 valence electrons. The van der Waals surface area contributed by atoms with Gasteiger partial charge in [0.05, 0.1) is 29.7 Å². The minimum atomic E-state index is -0.122. The molecule has 1 aliphatic heterocycles. The SMILES string of the molecule is COc1cc2nc(NC(=O)C3Cc4ccc(C)cc4S3)sc2cc1OC. The average Bonchev–Trinajstić information content (AvgIpc) is 3.22. The van der Waals surface area contributed by atoms with Gasteiger partial charge >= 0.3 is 0 Å². The van der Waals surface area contributed by atoms with Crippen LogP contribution in [-0.4, -0.2) is 30.4 Å². The molecule has 4 rings (SSSR count). The Labute approximate surface area is 159 Å². The number of carbonyl (C=O) groups is 1. The van der Waals surface area contributed by atoms with Gasteiger partial charge in [-0.15, -0.1) is 11.8 Å². The van der Waals surface area contributed by atoms with Crippen molar-refractivity contribution < 1.29 is 14.3 Å². The number of nitrogens with one attached hydrogen (secondary N) is 1. The van der Waals surface area contributed by atoms with E-state index >= 15 is 0 Å². The zero-order chi connectivity index (χ0) is 18.3. The maximum Gasteiger partial charge on any atom is 0.239 e. The molecular weight excluding hydrogens is 368 g/mol. The second-order valence-corrected chi connectivity index (χ2v) is 8.38. The first kappa shape index (κ1) is 17.2. The zero-order valence-corrected chi connectivity index (χ0v) is 16.3. The van der Waals surface area contributed by atoms with Crippen LogP contribution in [0.15, 0.2) is 35.2 Å². The van der Waals surface area contributed by atoms with Crippen molar-refractivity contribution in [1.82, 2.24) is 4.98 Å². The van der Waals surface area contributed by atoms with Gasteiger partial charge in [0, 0.05) is 17.0 Å². The fourth-order valence-corrected chi connectivity index (χ4v) is 5.15. The van der Waals surface area contributed by atoms with Gasteiger partial charge in [0.15, 0.2) is 16.6 Å². The Hall–Kier alpha value is -2.25. The van der Waals surface area contributed by atoms with Crippen molar-refractivity contribution in [2.24, 2.45) is 0 Å². The molecule has 0 bridgehead atoms. The summed E-state index contributed by atoms with van der Waals surface area (Å²) >= 11 is 3.05. The highest BCUT2D eigenvalue weighted by Crippen LogP contribution is 2.39. The second-order valence-electron chi connectivity index (χ2n) is 6.10. The van der Waals surface area contributed by atoms with Gasteiger partial charge in [-0.1, -0.05) is 29.0 Å². The number of aryl methyl sites for hydroxylation is 1. The number of rotatable bonds is 4. The summed E-state index contributed by atoms with van der Waals surface area (Å²) in [4.78, 5) is 18.4. The standard InChI is InChI=1S/C19H18N2O3S2/c1-10-4-5-11-7-17(25-15(11)6-10)18(22)21-19-20-12-8-13(23-2)14(24-3)9-16(12)26-19/h4-6,8-9,17H,7H2,1-3H3,(H,20,21,22). The molecule has 0 radical (unpaired) electrons. The highest BCUT2D eigenvalue weighted by atomic mass is 32.2. The van der Waals surface area contributed by atoms with E-state index in [9.17, 15) is 4.79 Å². The van der Waals surface area contributed by atoms with Gasteiger partial charge in [-0.25, -0.2) is 4.98 Å². The van der Waals surface area contributed by atoms with Crippen LogP contribution < -0.4 is 14.8 Å². The molecule has 0 saturated heterocycles. The summed E-state index contributed by atoms with van der Waals surface area (Å²) in [5.41, 5.74) is 3.23. The maximum absolute atomic E-state index is 12.7. The molecular formula is C19H18N2O3S2. The molecule has 3 aromatic rings. The van der Waals surface area contributed by atoms with Crippen LogP contribution in [0.1, 0.15) is 11.1 Å². The number of nitrogens with zero attached hydrogens (tertiary/aromatic N) is 1. The van der Waals surface area contributed by atoms with Crippen molar-refractivity contribution >= 4 is 44.4 Å². The van der Waals surface area contributed by atoms with Crippen molar-refractivity contribution in [2.45, 2.75) is 23.5 Å². The number of benzene rings is 2. The van der Waals surface area contributed by atoms with Gasteiger partial charge in [-0.3, -0.25) is 4.79 Å². The van der Waals surface area contributed by atoms with Crippen LogP contribution in [0, 0.1) is 6.92 Å². The van der Waals surface area contributed by atoms with Crippen LogP contribution in [0.5, 0.6) is 11.5 Å². The first-order valence-electron chi connectivity index (χ1n) is 8.17. The third-order valence-electron chi connectivity index (χ3n) is 4.31.